The Labute approximate surface area is 110 Å². The molecule has 1 aromatic carbocycles. The summed E-state index contributed by atoms with van der Waals surface area (Å²) in [7, 11) is 0. The molecule has 102 valence electrons. The number of benzene rings is 1. The summed E-state index contributed by atoms with van der Waals surface area (Å²) in [4.78, 5) is 0. The molecule has 0 aliphatic heterocycles. The summed E-state index contributed by atoms with van der Waals surface area (Å²) >= 11 is 0. The lowest BCUT2D eigenvalue weighted by Crippen LogP contribution is -2.33. The highest BCUT2D eigenvalue weighted by Gasteiger charge is 2.09. The molecule has 1 aromatic rings. The number of aryl methyl sites for hydroxylation is 1. The fourth-order valence-corrected chi connectivity index (χ4v) is 1.69. The van der Waals surface area contributed by atoms with E-state index >= 15 is 0 Å². The maximum absolute atomic E-state index is 13.1. The average molecular weight is 253 g/mol. The molecule has 18 heavy (non-hydrogen) atoms. The Morgan fingerprint density at radius 1 is 1.28 bits per heavy atom. The maximum Gasteiger partial charge on any atom is 0.126 e. The normalized spacial score (nSPS) is 12.8. The first kappa shape index (κ1) is 15.0. The van der Waals surface area contributed by atoms with Crippen LogP contribution in [0, 0.1) is 18.7 Å². The Kier molecular flexibility index (Phi) is 6.13. The SMILES string of the molecule is CCC(CNCC(C)C)Oc1ccc(F)c(C)c1. The largest absolute Gasteiger partial charge is 0.489 e. The van der Waals surface area contributed by atoms with E-state index in [1.54, 1.807) is 19.1 Å². The molecule has 0 spiro atoms. The summed E-state index contributed by atoms with van der Waals surface area (Å²) in [5.41, 5.74) is 0.623. The minimum atomic E-state index is -0.187. The molecule has 0 bridgehead atoms. The predicted octanol–water partition coefficient (Wildman–Crippen LogP) is 3.54. The molecule has 1 rings (SSSR count). The van der Waals surface area contributed by atoms with Gasteiger partial charge < -0.3 is 10.1 Å². The Morgan fingerprint density at radius 2 is 2.00 bits per heavy atom. The van der Waals surface area contributed by atoms with E-state index in [4.69, 9.17) is 4.74 Å². The second-order valence-corrected chi connectivity index (χ2v) is 5.11. The van der Waals surface area contributed by atoms with Crippen molar-refractivity contribution in [3.8, 4) is 5.75 Å². The quantitative estimate of drug-likeness (QED) is 0.802. The summed E-state index contributed by atoms with van der Waals surface area (Å²) in [5, 5.41) is 3.38. The van der Waals surface area contributed by atoms with Gasteiger partial charge in [0, 0.05) is 6.54 Å². The Morgan fingerprint density at radius 3 is 2.56 bits per heavy atom. The molecule has 3 heteroatoms. The summed E-state index contributed by atoms with van der Waals surface area (Å²) in [5.74, 6) is 1.19. The molecule has 0 radical (unpaired) electrons. The number of ether oxygens (including phenoxy) is 1. The molecule has 0 heterocycles. The smallest absolute Gasteiger partial charge is 0.126 e. The second kappa shape index (κ2) is 7.37. The van der Waals surface area contributed by atoms with Crippen LogP contribution in [0.1, 0.15) is 32.8 Å². The molecule has 1 unspecified atom stereocenters. The number of rotatable bonds is 7. The van der Waals surface area contributed by atoms with Gasteiger partial charge in [-0.05, 0) is 49.6 Å². The first-order valence-electron chi connectivity index (χ1n) is 6.66. The molecule has 0 saturated carbocycles. The number of hydrogen-bond donors (Lipinski definition) is 1. The van der Waals surface area contributed by atoms with Gasteiger partial charge in [-0.25, -0.2) is 4.39 Å². The Bertz CT molecular complexity index is 366. The topological polar surface area (TPSA) is 21.3 Å². The van der Waals surface area contributed by atoms with E-state index < -0.39 is 0 Å². The lowest BCUT2D eigenvalue weighted by molar-refractivity contribution is 0.191. The first-order valence-corrected chi connectivity index (χ1v) is 6.66. The fraction of sp³-hybridized carbons (Fsp3) is 0.600. The van der Waals surface area contributed by atoms with Crippen LogP contribution < -0.4 is 10.1 Å². The van der Waals surface area contributed by atoms with Crippen LogP contribution in [0.3, 0.4) is 0 Å². The fourth-order valence-electron chi connectivity index (χ4n) is 1.69. The Hall–Kier alpha value is -1.09. The van der Waals surface area contributed by atoms with E-state index in [1.165, 1.54) is 6.07 Å². The average Bonchev–Trinajstić information content (AvgIpc) is 2.32. The summed E-state index contributed by atoms with van der Waals surface area (Å²) in [6, 6.07) is 4.90. The molecule has 0 amide bonds. The van der Waals surface area contributed by atoms with Gasteiger partial charge in [0.15, 0.2) is 0 Å². The molecule has 2 nitrogen and oxygen atoms in total. The number of hydrogen-bond acceptors (Lipinski definition) is 2. The number of nitrogens with one attached hydrogen (secondary N) is 1. The molecular weight excluding hydrogens is 229 g/mol. The number of halogens is 1. The van der Waals surface area contributed by atoms with Crippen LogP contribution in [0.5, 0.6) is 5.75 Å². The van der Waals surface area contributed by atoms with Crippen molar-refractivity contribution in [2.75, 3.05) is 13.1 Å². The van der Waals surface area contributed by atoms with Crippen LogP contribution in [0.2, 0.25) is 0 Å². The van der Waals surface area contributed by atoms with Gasteiger partial charge in [0.1, 0.15) is 17.7 Å². The molecule has 0 aromatic heterocycles. The van der Waals surface area contributed by atoms with E-state index in [0.717, 1.165) is 25.3 Å². The van der Waals surface area contributed by atoms with Crippen molar-refractivity contribution in [3.63, 3.8) is 0 Å². The zero-order valence-corrected chi connectivity index (χ0v) is 11.8. The van der Waals surface area contributed by atoms with Crippen LogP contribution in [-0.2, 0) is 0 Å². The van der Waals surface area contributed by atoms with Gasteiger partial charge in [0.25, 0.3) is 0 Å². The third kappa shape index (κ3) is 5.05. The maximum atomic E-state index is 13.1. The van der Waals surface area contributed by atoms with Crippen molar-refractivity contribution >= 4 is 0 Å². The second-order valence-electron chi connectivity index (χ2n) is 5.11. The van der Waals surface area contributed by atoms with Crippen molar-refractivity contribution < 1.29 is 9.13 Å². The van der Waals surface area contributed by atoms with Gasteiger partial charge >= 0.3 is 0 Å². The monoisotopic (exact) mass is 253 g/mol. The molecule has 1 atom stereocenters. The van der Waals surface area contributed by atoms with E-state index in [9.17, 15) is 4.39 Å². The molecule has 0 aliphatic rings. The lowest BCUT2D eigenvalue weighted by Gasteiger charge is -2.19. The van der Waals surface area contributed by atoms with Crippen LogP contribution in [-0.4, -0.2) is 19.2 Å². The van der Waals surface area contributed by atoms with Crippen LogP contribution >= 0.6 is 0 Å². The summed E-state index contributed by atoms with van der Waals surface area (Å²) in [6.07, 6.45) is 1.07. The van der Waals surface area contributed by atoms with Crippen LogP contribution in [0.4, 0.5) is 4.39 Å². The van der Waals surface area contributed by atoms with Crippen molar-refractivity contribution in [1.82, 2.24) is 5.32 Å². The third-order valence-electron chi connectivity index (χ3n) is 2.81. The van der Waals surface area contributed by atoms with Crippen molar-refractivity contribution in [1.29, 1.82) is 0 Å². The highest BCUT2D eigenvalue weighted by atomic mass is 19.1. The zero-order chi connectivity index (χ0) is 13.5. The van der Waals surface area contributed by atoms with Crippen LogP contribution in [0.15, 0.2) is 18.2 Å². The van der Waals surface area contributed by atoms with Gasteiger partial charge in [0.2, 0.25) is 0 Å². The highest BCUT2D eigenvalue weighted by Crippen LogP contribution is 2.17. The van der Waals surface area contributed by atoms with Crippen molar-refractivity contribution in [2.45, 2.75) is 40.2 Å². The molecule has 0 fully saturated rings. The predicted molar refractivity (Wildman–Crippen MR) is 73.6 cm³/mol. The molecule has 1 N–H and O–H groups in total. The first-order chi connectivity index (χ1) is 8.52. The Balaban J connectivity index is 2.49. The zero-order valence-electron chi connectivity index (χ0n) is 11.8. The van der Waals surface area contributed by atoms with E-state index in [-0.39, 0.29) is 11.9 Å². The summed E-state index contributed by atoms with van der Waals surface area (Å²) < 4.78 is 19.0. The molecule has 0 saturated heterocycles. The highest BCUT2D eigenvalue weighted by molar-refractivity contribution is 5.29. The van der Waals surface area contributed by atoms with Crippen LogP contribution in [0.25, 0.3) is 0 Å². The van der Waals surface area contributed by atoms with Crippen molar-refractivity contribution in [3.05, 3.63) is 29.6 Å². The van der Waals surface area contributed by atoms with E-state index in [2.05, 4.69) is 26.1 Å². The van der Waals surface area contributed by atoms with Crippen molar-refractivity contribution in [2.24, 2.45) is 5.92 Å². The van der Waals surface area contributed by atoms with Gasteiger partial charge in [-0.3, -0.25) is 0 Å². The third-order valence-corrected chi connectivity index (χ3v) is 2.81. The van der Waals surface area contributed by atoms with Gasteiger partial charge in [-0.15, -0.1) is 0 Å². The standard InChI is InChI=1S/C15H24FNO/c1-5-13(10-17-9-11(2)3)18-14-6-7-15(16)12(4)8-14/h6-8,11,13,17H,5,9-10H2,1-4H3. The van der Waals surface area contributed by atoms with Gasteiger partial charge in [-0.1, -0.05) is 20.8 Å². The van der Waals surface area contributed by atoms with Gasteiger partial charge in [-0.2, -0.15) is 0 Å². The minimum absolute atomic E-state index is 0.133. The molecular formula is C15H24FNO. The molecule has 0 aliphatic carbocycles. The van der Waals surface area contributed by atoms with E-state index in [0.29, 0.717) is 11.5 Å². The summed E-state index contributed by atoms with van der Waals surface area (Å²) in [6.45, 7) is 10.0. The van der Waals surface area contributed by atoms with E-state index in [1.807, 2.05) is 0 Å². The lowest BCUT2D eigenvalue weighted by atomic mass is 10.2. The minimum Gasteiger partial charge on any atom is -0.489 e. The van der Waals surface area contributed by atoms with Gasteiger partial charge in [0.05, 0.1) is 0 Å².